The van der Waals surface area contributed by atoms with E-state index < -0.39 is 48.5 Å². The summed E-state index contributed by atoms with van der Waals surface area (Å²) in [5.41, 5.74) is 1.39. The molecule has 5 atom stereocenters. The molecule has 0 aliphatic carbocycles. The van der Waals surface area contributed by atoms with Gasteiger partial charge < -0.3 is 55.1 Å². The van der Waals surface area contributed by atoms with Crippen LogP contribution in [0.15, 0.2) is 53.9 Å². The van der Waals surface area contributed by atoms with Crippen molar-refractivity contribution in [3.8, 4) is 11.5 Å². The molecule has 2 aliphatic heterocycles. The Morgan fingerprint density at radius 2 is 1.70 bits per heavy atom. The Morgan fingerprint density at radius 3 is 2.39 bits per heavy atom. The molecule has 2 fully saturated rings. The van der Waals surface area contributed by atoms with Gasteiger partial charge in [0.25, 0.3) is 11.8 Å². The zero-order chi connectivity index (χ0) is 33.0. The van der Waals surface area contributed by atoms with Crippen LogP contribution in [0.5, 0.6) is 11.5 Å². The van der Waals surface area contributed by atoms with Gasteiger partial charge in [-0.3, -0.25) is 9.59 Å². The predicted octanol–water partition coefficient (Wildman–Crippen LogP) is 1.67. The summed E-state index contributed by atoms with van der Waals surface area (Å²) in [6.45, 7) is 3.68. The van der Waals surface area contributed by atoms with Crippen molar-refractivity contribution >= 4 is 46.2 Å². The van der Waals surface area contributed by atoms with Crippen molar-refractivity contribution in [1.29, 1.82) is 0 Å². The molecule has 0 unspecified atom stereocenters. The molecule has 2 saturated heterocycles. The Bertz CT molecular complexity index is 1550. The molecule has 0 spiro atoms. The van der Waals surface area contributed by atoms with Crippen LogP contribution in [0, 0.1) is 0 Å². The number of benzene rings is 2. The van der Waals surface area contributed by atoms with E-state index in [0.29, 0.717) is 16.2 Å². The molecule has 3 heterocycles. The summed E-state index contributed by atoms with van der Waals surface area (Å²) in [6, 6.07) is 13.1. The molecule has 0 saturated carbocycles. The van der Waals surface area contributed by atoms with Crippen molar-refractivity contribution in [2.24, 2.45) is 0 Å². The summed E-state index contributed by atoms with van der Waals surface area (Å²) in [4.78, 5) is 43.2. The number of aliphatic hydroxyl groups is 3. The maximum absolute atomic E-state index is 13.5. The molecule has 0 bridgehead atoms. The Morgan fingerprint density at radius 1 is 0.935 bits per heavy atom. The minimum absolute atomic E-state index is 0.0210. The van der Waals surface area contributed by atoms with Crippen LogP contribution < -0.4 is 25.0 Å². The maximum atomic E-state index is 13.5. The average molecular weight is 657 g/mol. The molecule has 14 nitrogen and oxygen atoms in total. The predicted molar refractivity (Wildman–Crippen MR) is 169 cm³/mol. The molecule has 6 N–H and O–H groups in total. The zero-order valence-corrected chi connectivity index (χ0v) is 26.0. The number of hydrogen-bond acceptors (Lipinski definition) is 12. The van der Waals surface area contributed by atoms with Crippen LogP contribution in [0.1, 0.15) is 26.5 Å². The van der Waals surface area contributed by atoms with Gasteiger partial charge in [-0.25, -0.2) is 4.79 Å². The molecule has 0 radical (unpaired) electrons. The molecule has 246 valence electrons. The van der Waals surface area contributed by atoms with Gasteiger partial charge >= 0.3 is 5.97 Å². The number of aliphatic hydroxyl groups excluding tert-OH is 3. The Labute approximate surface area is 268 Å². The van der Waals surface area contributed by atoms with Crippen molar-refractivity contribution in [3.63, 3.8) is 0 Å². The summed E-state index contributed by atoms with van der Waals surface area (Å²) < 4.78 is 16.2. The Kier molecular flexibility index (Phi) is 10.4. The molecular formula is C31H36N4O10S. The third kappa shape index (κ3) is 7.41. The van der Waals surface area contributed by atoms with Gasteiger partial charge in [-0.1, -0.05) is 6.07 Å². The van der Waals surface area contributed by atoms with Gasteiger partial charge in [-0.15, -0.1) is 11.3 Å². The fourth-order valence-electron chi connectivity index (χ4n) is 5.18. The van der Waals surface area contributed by atoms with Gasteiger partial charge in [0.2, 0.25) is 6.29 Å². The number of anilines is 3. The highest BCUT2D eigenvalue weighted by molar-refractivity contribution is 7.12. The topological polar surface area (TPSA) is 190 Å². The smallest absolute Gasteiger partial charge is 0.335 e. The lowest BCUT2D eigenvalue weighted by atomic mass is 9.99. The molecule has 2 amide bonds. The normalized spacial score (nSPS) is 23.7. The lowest BCUT2D eigenvalue weighted by molar-refractivity contribution is -0.271. The number of likely N-dealkylation sites (N-methyl/N-ethyl adjacent to an activating group) is 1. The largest absolute Gasteiger partial charge is 0.496 e. The molecule has 2 aliphatic rings. The fourth-order valence-corrected chi connectivity index (χ4v) is 5.93. The fraction of sp³-hybridized carbons (Fsp3) is 0.387. The van der Waals surface area contributed by atoms with Crippen molar-refractivity contribution in [1.82, 2.24) is 4.90 Å². The number of aliphatic carboxylic acids is 1. The van der Waals surface area contributed by atoms with Gasteiger partial charge in [0.1, 0.15) is 35.5 Å². The first kappa shape index (κ1) is 33.1. The number of carbonyl (C=O) groups is 3. The number of thiophene rings is 1. The lowest BCUT2D eigenvalue weighted by Crippen LogP contribution is -2.61. The Balaban J connectivity index is 1.42. The van der Waals surface area contributed by atoms with Crippen LogP contribution in [0.25, 0.3) is 0 Å². The van der Waals surface area contributed by atoms with E-state index >= 15 is 0 Å². The number of para-hydroxylation sites is 1. The van der Waals surface area contributed by atoms with Crippen molar-refractivity contribution in [2.75, 3.05) is 55.9 Å². The van der Waals surface area contributed by atoms with E-state index in [1.807, 2.05) is 12.1 Å². The molecule has 3 aromatic rings. The summed E-state index contributed by atoms with van der Waals surface area (Å²) in [5.74, 6) is -2.25. The van der Waals surface area contributed by atoms with Crippen LogP contribution in [0.3, 0.4) is 0 Å². The summed E-state index contributed by atoms with van der Waals surface area (Å²) >= 11 is 1.15. The number of rotatable bonds is 9. The summed E-state index contributed by atoms with van der Waals surface area (Å²) in [7, 11) is 3.56. The highest BCUT2D eigenvalue weighted by atomic mass is 32.1. The zero-order valence-electron chi connectivity index (χ0n) is 25.2. The van der Waals surface area contributed by atoms with E-state index in [-0.39, 0.29) is 17.1 Å². The number of hydrogen-bond donors (Lipinski definition) is 6. The van der Waals surface area contributed by atoms with Crippen LogP contribution in [0.4, 0.5) is 17.1 Å². The second kappa shape index (κ2) is 14.5. The monoisotopic (exact) mass is 656 g/mol. The van der Waals surface area contributed by atoms with Crippen LogP contribution in [-0.2, 0) is 9.53 Å². The second-order valence-corrected chi connectivity index (χ2v) is 11.9. The number of carbonyl (C=O) groups excluding carboxylic acids is 2. The van der Waals surface area contributed by atoms with E-state index in [0.717, 1.165) is 49.6 Å². The van der Waals surface area contributed by atoms with Gasteiger partial charge in [-0.2, -0.15) is 0 Å². The molecule has 46 heavy (non-hydrogen) atoms. The number of carboxylic acids is 1. The minimum Gasteiger partial charge on any atom is -0.496 e. The third-order valence-corrected chi connectivity index (χ3v) is 8.73. The number of amides is 2. The molecule has 2 aromatic carbocycles. The number of methoxy groups -OCH3 is 1. The van der Waals surface area contributed by atoms with E-state index in [2.05, 4.69) is 27.5 Å². The highest BCUT2D eigenvalue weighted by Gasteiger charge is 2.48. The maximum Gasteiger partial charge on any atom is 0.335 e. The number of nitrogens with zero attached hydrogens (tertiary/aromatic N) is 2. The first-order chi connectivity index (χ1) is 22.0. The second-order valence-electron chi connectivity index (χ2n) is 11.0. The third-order valence-electron chi connectivity index (χ3n) is 7.82. The van der Waals surface area contributed by atoms with E-state index in [1.165, 1.54) is 25.3 Å². The molecular weight excluding hydrogens is 620 g/mol. The van der Waals surface area contributed by atoms with Crippen LogP contribution >= 0.6 is 11.3 Å². The van der Waals surface area contributed by atoms with Gasteiger partial charge in [-0.05, 0) is 56.4 Å². The molecule has 5 rings (SSSR count). The van der Waals surface area contributed by atoms with Crippen molar-refractivity contribution in [2.45, 2.75) is 37.1 Å². The highest BCUT2D eigenvalue weighted by Crippen LogP contribution is 2.36. The molecule has 15 heteroatoms. The van der Waals surface area contributed by atoms with E-state index in [4.69, 9.17) is 14.2 Å². The van der Waals surface area contributed by atoms with Crippen molar-refractivity contribution in [3.05, 3.63) is 64.4 Å². The van der Waals surface area contributed by atoms with Gasteiger partial charge in [0, 0.05) is 42.3 Å². The Hall–Kier alpha value is -4.25. The summed E-state index contributed by atoms with van der Waals surface area (Å²) in [6.07, 6.45) is -8.31. The van der Waals surface area contributed by atoms with Crippen molar-refractivity contribution < 1.29 is 49.0 Å². The van der Waals surface area contributed by atoms with Crippen LogP contribution in [-0.4, -0.2) is 114 Å². The van der Waals surface area contributed by atoms with E-state index in [1.54, 1.807) is 23.6 Å². The number of nitrogens with one attached hydrogen (secondary N) is 2. The first-order valence-corrected chi connectivity index (χ1v) is 15.4. The summed E-state index contributed by atoms with van der Waals surface area (Å²) in [5, 5.41) is 47.5. The first-order valence-electron chi connectivity index (χ1n) is 14.6. The SMILES string of the molecule is COc1csc(C(=O)Nc2cccc(O[C@@H]3O[C@H](C(=O)O)[C@@H](O)[C@H](O)[C@H]3O)c2NC(=O)c2ccc(N3CCCN(C)CC3)cc2)c1. The number of ether oxygens (including phenoxy) is 3. The van der Waals surface area contributed by atoms with Crippen LogP contribution in [0.2, 0.25) is 0 Å². The lowest BCUT2D eigenvalue weighted by Gasteiger charge is -2.38. The minimum atomic E-state index is -1.92. The molecule has 1 aromatic heterocycles. The quantitative estimate of drug-likeness (QED) is 0.196. The standard InChI is InChI=1S/C31H36N4O10S/c1-34-11-4-12-35(14-13-34)18-9-7-17(8-10-18)28(39)33-23-20(32-29(40)22-15-19(43-2)16-46-22)5-3-6-21(23)44-31-26(38)24(36)25(37)27(45-31)30(41)42/h3,5-10,15-16,24-27,31,36-38H,4,11-14H2,1-2H3,(H,32,40)(H,33,39)(H,41,42)/t24-,25-,26+,27-,31+/m0/s1. The van der Waals surface area contributed by atoms with E-state index in [9.17, 15) is 34.8 Å². The number of carboxylic acid groups (broad SMARTS) is 1. The van der Waals surface area contributed by atoms with Gasteiger partial charge in [0.05, 0.1) is 17.7 Å². The van der Waals surface area contributed by atoms with Gasteiger partial charge in [0.15, 0.2) is 6.10 Å². The average Bonchev–Trinajstić information content (AvgIpc) is 3.43.